The van der Waals surface area contributed by atoms with Crippen molar-refractivity contribution in [2.75, 3.05) is 26.8 Å². The molecule has 224 valence electrons. The van der Waals surface area contributed by atoms with Gasteiger partial charge in [-0.25, -0.2) is 0 Å². The Labute approximate surface area is 248 Å². The number of hydrogen-bond acceptors (Lipinski definition) is 5. The van der Waals surface area contributed by atoms with Crippen LogP contribution < -0.4 is 14.8 Å². The number of piperidine rings is 1. The minimum Gasteiger partial charge on any atom is -0.493 e. The lowest BCUT2D eigenvalue weighted by Gasteiger charge is -2.56. The van der Waals surface area contributed by atoms with E-state index < -0.39 is 5.54 Å². The number of amides is 2. The van der Waals surface area contributed by atoms with Crippen LogP contribution in [0.1, 0.15) is 83.5 Å². The molecule has 2 N–H and O–H groups in total. The largest absolute Gasteiger partial charge is 0.493 e. The predicted octanol–water partition coefficient (Wildman–Crippen LogP) is 5.31. The molecule has 2 amide bonds. The van der Waals surface area contributed by atoms with E-state index >= 15 is 0 Å². The van der Waals surface area contributed by atoms with Gasteiger partial charge < -0.3 is 29.6 Å². The first-order chi connectivity index (χ1) is 19.9. The van der Waals surface area contributed by atoms with Crippen LogP contribution in [0, 0.1) is 0 Å². The summed E-state index contributed by atoms with van der Waals surface area (Å²) in [5.41, 5.74) is 2.44. The highest BCUT2D eigenvalue weighted by Gasteiger charge is 2.58. The molecule has 2 atom stereocenters. The van der Waals surface area contributed by atoms with Crippen LogP contribution in [0.2, 0.25) is 0 Å². The van der Waals surface area contributed by atoms with Crippen LogP contribution in [-0.2, 0) is 15.1 Å². The normalized spacial score (nSPS) is 25.4. The monoisotopic (exact) mass is 572 g/mol. The highest BCUT2D eigenvalue weighted by molar-refractivity contribution is 6.01. The van der Waals surface area contributed by atoms with Crippen molar-refractivity contribution in [1.29, 1.82) is 0 Å². The van der Waals surface area contributed by atoms with Gasteiger partial charge in [0.1, 0.15) is 6.54 Å². The molecule has 8 heteroatoms. The zero-order chi connectivity index (χ0) is 30.0. The molecular weight excluding hydrogens is 528 g/mol. The lowest BCUT2D eigenvalue weighted by atomic mass is 9.74. The van der Waals surface area contributed by atoms with Crippen molar-refractivity contribution in [2.24, 2.45) is 0 Å². The molecule has 4 heterocycles. The summed E-state index contributed by atoms with van der Waals surface area (Å²) in [6.45, 7) is 13.8. The Morgan fingerprint density at radius 3 is 2.38 bits per heavy atom. The summed E-state index contributed by atoms with van der Waals surface area (Å²) < 4.78 is 11.7. The number of nitrogens with one attached hydrogen (secondary N) is 2. The molecule has 3 aliphatic rings. The summed E-state index contributed by atoms with van der Waals surface area (Å²) in [4.78, 5) is 36.2. The average Bonchev–Trinajstić information content (AvgIpc) is 3.33. The van der Waals surface area contributed by atoms with Gasteiger partial charge in [0, 0.05) is 40.5 Å². The van der Waals surface area contributed by atoms with Gasteiger partial charge in [0.05, 0.1) is 19.4 Å². The summed E-state index contributed by atoms with van der Waals surface area (Å²) in [5, 5.41) is 4.79. The van der Waals surface area contributed by atoms with Crippen LogP contribution in [0.5, 0.6) is 11.5 Å². The Morgan fingerprint density at radius 1 is 0.976 bits per heavy atom. The predicted molar refractivity (Wildman–Crippen MR) is 164 cm³/mol. The fourth-order valence-corrected chi connectivity index (χ4v) is 7.95. The SMILES string of the molecule is CCCOc1ccc(C2CN3C(=O)CN(C4CC(C)(C)NC(C)(C)C4)C(=O)C3(C)c3[nH]c4ccccc4c32)cc1OC. The van der Waals surface area contributed by atoms with Crippen LogP contribution in [0.3, 0.4) is 0 Å². The van der Waals surface area contributed by atoms with Crippen LogP contribution >= 0.6 is 0 Å². The lowest BCUT2D eigenvalue weighted by Crippen LogP contribution is -2.71. The Balaban J connectivity index is 1.47. The second-order valence-corrected chi connectivity index (χ2v) is 13.7. The highest BCUT2D eigenvalue weighted by Crippen LogP contribution is 2.50. The van der Waals surface area contributed by atoms with Crippen LogP contribution in [0.15, 0.2) is 42.5 Å². The summed E-state index contributed by atoms with van der Waals surface area (Å²) in [6, 6.07) is 14.2. The molecule has 0 spiro atoms. The van der Waals surface area contributed by atoms with Gasteiger partial charge in [-0.05, 0) is 83.2 Å². The van der Waals surface area contributed by atoms with Gasteiger partial charge in [-0.3, -0.25) is 9.59 Å². The quantitative estimate of drug-likeness (QED) is 0.418. The van der Waals surface area contributed by atoms with Crippen molar-refractivity contribution in [1.82, 2.24) is 20.1 Å². The van der Waals surface area contributed by atoms with Gasteiger partial charge in [0.25, 0.3) is 5.91 Å². The van der Waals surface area contributed by atoms with Gasteiger partial charge in [0.15, 0.2) is 17.0 Å². The second-order valence-electron chi connectivity index (χ2n) is 13.7. The first-order valence-electron chi connectivity index (χ1n) is 15.2. The van der Waals surface area contributed by atoms with Crippen LogP contribution in [0.4, 0.5) is 0 Å². The zero-order valence-electron chi connectivity index (χ0n) is 26.0. The van der Waals surface area contributed by atoms with E-state index in [9.17, 15) is 9.59 Å². The number of benzene rings is 2. The van der Waals surface area contributed by atoms with Crippen LogP contribution in [-0.4, -0.2) is 70.5 Å². The maximum absolute atomic E-state index is 14.7. The van der Waals surface area contributed by atoms with Crippen molar-refractivity contribution in [3.63, 3.8) is 0 Å². The Morgan fingerprint density at radius 2 is 1.69 bits per heavy atom. The van der Waals surface area contributed by atoms with Gasteiger partial charge in [-0.2, -0.15) is 0 Å². The third kappa shape index (κ3) is 4.55. The second kappa shape index (κ2) is 10.0. The number of H-pyrrole nitrogens is 1. The molecule has 8 nitrogen and oxygen atoms in total. The number of aromatic amines is 1. The molecule has 6 rings (SSSR count). The fraction of sp³-hybridized carbons (Fsp3) is 0.529. The molecule has 0 radical (unpaired) electrons. The third-order valence-corrected chi connectivity index (χ3v) is 9.43. The first-order valence-corrected chi connectivity index (χ1v) is 15.2. The Hall–Kier alpha value is -3.52. The number of rotatable bonds is 6. The molecule has 0 aliphatic carbocycles. The average molecular weight is 573 g/mol. The molecule has 0 bridgehead atoms. The Bertz CT molecular complexity index is 1530. The molecule has 3 aliphatic heterocycles. The number of aromatic nitrogens is 1. The summed E-state index contributed by atoms with van der Waals surface area (Å²) in [6.07, 6.45) is 2.49. The number of ether oxygens (including phenoxy) is 2. The number of methoxy groups -OCH3 is 1. The highest BCUT2D eigenvalue weighted by atomic mass is 16.5. The van der Waals surface area contributed by atoms with Gasteiger partial charge >= 0.3 is 0 Å². The van der Waals surface area contributed by atoms with Gasteiger partial charge in [0.2, 0.25) is 5.91 Å². The van der Waals surface area contributed by atoms with Crippen molar-refractivity contribution >= 4 is 22.7 Å². The smallest absolute Gasteiger partial charge is 0.255 e. The van der Waals surface area contributed by atoms with Crippen molar-refractivity contribution in [3.05, 3.63) is 59.3 Å². The van der Waals surface area contributed by atoms with Crippen molar-refractivity contribution in [3.8, 4) is 11.5 Å². The van der Waals surface area contributed by atoms with E-state index in [0.29, 0.717) is 24.7 Å². The maximum Gasteiger partial charge on any atom is 0.255 e. The molecule has 42 heavy (non-hydrogen) atoms. The van der Waals surface area contributed by atoms with E-state index in [4.69, 9.17) is 9.47 Å². The molecule has 0 saturated carbocycles. The van der Waals surface area contributed by atoms with Gasteiger partial charge in [-0.15, -0.1) is 0 Å². The summed E-state index contributed by atoms with van der Waals surface area (Å²) in [5.74, 6) is 1.20. The number of hydrogen-bond donors (Lipinski definition) is 2. The molecule has 2 aromatic carbocycles. The summed E-state index contributed by atoms with van der Waals surface area (Å²) in [7, 11) is 1.65. The van der Waals surface area contributed by atoms with E-state index in [0.717, 1.165) is 47.0 Å². The van der Waals surface area contributed by atoms with E-state index in [1.54, 1.807) is 7.11 Å². The molecule has 3 aromatic rings. The van der Waals surface area contributed by atoms with Crippen molar-refractivity contribution < 1.29 is 19.1 Å². The molecule has 2 saturated heterocycles. The lowest BCUT2D eigenvalue weighted by molar-refractivity contribution is -0.170. The number of para-hydroxylation sites is 1. The van der Waals surface area contributed by atoms with Gasteiger partial charge in [-0.1, -0.05) is 31.2 Å². The van der Waals surface area contributed by atoms with E-state index in [1.165, 1.54) is 0 Å². The van der Waals surface area contributed by atoms with Crippen LogP contribution in [0.25, 0.3) is 10.9 Å². The molecular formula is C34H44N4O4. The topological polar surface area (TPSA) is 86.9 Å². The Kier molecular flexibility index (Phi) is 6.84. The molecule has 1 aromatic heterocycles. The minimum atomic E-state index is -1.13. The summed E-state index contributed by atoms with van der Waals surface area (Å²) >= 11 is 0. The number of piperazine rings is 1. The number of carbonyl (C=O) groups is 2. The first kappa shape index (κ1) is 28.6. The van der Waals surface area contributed by atoms with E-state index in [2.05, 4.69) is 57.1 Å². The standard InChI is InChI=1S/C34H44N4O4/c1-8-15-42-26-14-13-21(16-27(26)41-7)24-19-38-28(39)20-37(22-17-32(2,3)36-33(4,5)18-22)31(40)34(38,6)30-29(24)23-11-9-10-12-25(23)35-30/h9-14,16,22,24,35-36H,8,15,17-20H2,1-7H3. The minimum absolute atomic E-state index is 0.00671. The van der Waals surface area contributed by atoms with Crippen molar-refractivity contribution in [2.45, 2.75) is 89.4 Å². The molecule has 2 fully saturated rings. The number of fused-ring (bicyclic) bond motifs is 5. The fourth-order valence-electron chi connectivity index (χ4n) is 7.95. The van der Waals surface area contributed by atoms with E-state index in [1.807, 2.05) is 47.1 Å². The third-order valence-electron chi connectivity index (χ3n) is 9.43. The van der Waals surface area contributed by atoms with E-state index in [-0.39, 0.29) is 41.4 Å². The zero-order valence-corrected chi connectivity index (χ0v) is 26.0. The molecule has 2 unspecified atom stereocenters. The number of carbonyl (C=O) groups excluding carboxylic acids is 2. The maximum atomic E-state index is 14.7. The number of nitrogens with zero attached hydrogens (tertiary/aromatic N) is 2.